The van der Waals surface area contributed by atoms with Gasteiger partial charge in [0.1, 0.15) is 12.4 Å². The molecule has 0 bridgehead atoms. The number of ether oxygens (including phenoxy) is 2. The zero-order valence-corrected chi connectivity index (χ0v) is 6.43. The van der Waals surface area contributed by atoms with E-state index >= 15 is 0 Å². The Kier molecular flexibility index (Phi) is 2.75. The normalized spacial score (nSPS) is 24.9. The van der Waals surface area contributed by atoms with Crippen molar-refractivity contribution in [3.05, 3.63) is 12.3 Å². The lowest BCUT2D eigenvalue weighted by molar-refractivity contribution is -0.0380. The molecular weight excluding hydrogens is 128 g/mol. The fraction of sp³-hybridized carbons (Fsp3) is 0.750. The van der Waals surface area contributed by atoms with Gasteiger partial charge in [-0.05, 0) is 6.42 Å². The van der Waals surface area contributed by atoms with Crippen LogP contribution in [0.3, 0.4) is 0 Å². The zero-order chi connectivity index (χ0) is 7.40. The van der Waals surface area contributed by atoms with Crippen LogP contribution in [0, 0.1) is 0 Å². The topological polar surface area (TPSA) is 18.5 Å². The molecule has 0 aromatic heterocycles. The molecule has 2 heteroatoms. The number of unbranched alkanes of at least 4 members (excludes halogenated alkanes) is 1. The molecule has 1 aliphatic heterocycles. The van der Waals surface area contributed by atoms with Gasteiger partial charge in [-0.25, -0.2) is 0 Å². The standard InChI is InChI=1S/C8H14O2/c1-3-4-5-8-9-6-7(2)10-8/h8H,2-6H2,1H3. The van der Waals surface area contributed by atoms with Crippen LogP contribution in [0.4, 0.5) is 0 Å². The highest BCUT2D eigenvalue weighted by Gasteiger charge is 2.17. The molecule has 0 spiro atoms. The first-order valence-corrected chi connectivity index (χ1v) is 3.79. The van der Waals surface area contributed by atoms with E-state index in [0.717, 1.165) is 18.6 Å². The fourth-order valence-corrected chi connectivity index (χ4v) is 0.953. The average Bonchev–Trinajstić information content (AvgIpc) is 2.31. The van der Waals surface area contributed by atoms with Gasteiger partial charge < -0.3 is 9.47 Å². The Hall–Kier alpha value is -0.500. The van der Waals surface area contributed by atoms with Crippen molar-refractivity contribution in [2.24, 2.45) is 0 Å². The molecule has 2 nitrogen and oxygen atoms in total. The number of hydrogen-bond acceptors (Lipinski definition) is 2. The lowest BCUT2D eigenvalue weighted by atomic mass is 10.2. The molecule has 0 saturated carbocycles. The minimum Gasteiger partial charge on any atom is -0.467 e. The lowest BCUT2D eigenvalue weighted by Crippen LogP contribution is -2.05. The van der Waals surface area contributed by atoms with Crippen molar-refractivity contribution >= 4 is 0 Å². The largest absolute Gasteiger partial charge is 0.467 e. The molecule has 1 atom stereocenters. The third kappa shape index (κ3) is 2.03. The maximum absolute atomic E-state index is 5.25. The maximum atomic E-state index is 5.25. The molecule has 0 amide bonds. The summed E-state index contributed by atoms with van der Waals surface area (Å²) < 4.78 is 10.5. The molecule has 0 N–H and O–H groups in total. The van der Waals surface area contributed by atoms with Crippen molar-refractivity contribution in [3.8, 4) is 0 Å². The van der Waals surface area contributed by atoms with E-state index in [1.807, 2.05) is 0 Å². The highest BCUT2D eigenvalue weighted by molar-refractivity contribution is 4.86. The Balaban J connectivity index is 2.12. The Labute approximate surface area is 61.8 Å². The van der Waals surface area contributed by atoms with Crippen LogP contribution in [0.1, 0.15) is 26.2 Å². The number of hydrogen-bond donors (Lipinski definition) is 0. The zero-order valence-electron chi connectivity index (χ0n) is 6.43. The van der Waals surface area contributed by atoms with Crippen molar-refractivity contribution in [1.29, 1.82) is 0 Å². The SMILES string of the molecule is C=C1COC(CCCC)O1. The fourth-order valence-electron chi connectivity index (χ4n) is 0.953. The van der Waals surface area contributed by atoms with Gasteiger partial charge in [0.2, 0.25) is 0 Å². The van der Waals surface area contributed by atoms with Crippen molar-refractivity contribution in [1.82, 2.24) is 0 Å². The summed E-state index contributed by atoms with van der Waals surface area (Å²) >= 11 is 0. The van der Waals surface area contributed by atoms with Crippen molar-refractivity contribution in [3.63, 3.8) is 0 Å². The van der Waals surface area contributed by atoms with Gasteiger partial charge in [0.15, 0.2) is 6.29 Å². The first-order chi connectivity index (χ1) is 4.83. The van der Waals surface area contributed by atoms with Crippen LogP contribution in [0.2, 0.25) is 0 Å². The van der Waals surface area contributed by atoms with Crippen LogP contribution in [-0.4, -0.2) is 12.9 Å². The molecule has 0 radical (unpaired) electrons. The van der Waals surface area contributed by atoms with Crippen LogP contribution in [-0.2, 0) is 9.47 Å². The van der Waals surface area contributed by atoms with Crippen LogP contribution in [0.25, 0.3) is 0 Å². The summed E-state index contributed by atoms with van der Waals surface area (Å²) in [6.07, 6.45) is 3.34. The minimum atomic E-state index is -0.00699. The average molecular weight is 142 g/mol. The smallest absolute Gasteiger partial charge is 0.199 e. The van der Waals surface area contributed by atoms with Crippen LogP contribution in [0.15, 0.2) is 12.3 Å². The van der Waals surface area contributed by atoms with E-state index in [1.165, 1.54) is 6.42 Å². The second-order valence-corrected chi connectivity index (χ2v) is 2.54. The van der Waals surface area contributed by atoms with E-state index in [0.29, 0.717) is 6.61 Å². The monoisotopic (exact) mass is 142 g/mol. The molecule has 1 unspecified atom stereocenters. The molecule has 0 aromatic rings. The van der Waals surface area contributed by atoms with E-state index in [-0.39, 0.29) is 6.29 Å². The molecule has 1 aliphatic rings. The molecule has 0 aliphatic carbocycles. The van der Waals surface area contributed by atoms with Gasteiger partial charge in [-0.1, -0.05) is 19.9 Å². The summed E-state index contributed by atoms with van der Waals surface area (Å²) in [5, 5.41) is 0. The Bertz CT molecular complexity index is 120. The third-order valence-corrected chi connectivity index (χ3v) is 1.52. The predicted octanol–water partition coefficient (Wildman–Crippen LogP) is 2.06. The van der Waals surface area contributed by atoms with Gasteiger partial charge in [-0.3, -0.25) is 0 Å². The second kappa shape index (κ2) is 3.62. The first-order valence-electron chi connectivity index (χ1n) is 3.79. The van der Waals surface area contributed by atoms with E-state index in [1.54, 1.807) is 0 Å². The van der Waals surface area contributed by atoms with Crippen LogP contribution < -0.4 is 0 Å². The Morgan fingerprint density at radius 3 is 3.00 bits per heavy atom. The predicted molar refractivity (Wildman–Crippen MR) is 39.5 cm³/mol. The van der Waals surface area contributed by atoms with Gasteiger partial charge >= 0.3 is 0 Å². The van der Waals surface area contributed by atoms with Crippen LogP contribution in [0.5, 0.6) is 0 Å². The minimum absolute atomic E-state index is 0.00699. The van der Waals surface area contributed by atoms with E-state index in [4.69, 9.17) is 9.47 Å². The molecule has 0 aromatic carbocycles. The highest BCUT2D eigenvalue weighted by atomic mass is 16.7. The van der Waals surface area contributed by atoms with Gasteiger partial charge in [0.25, 0.3) is 0 Å². The summed E-state index contributed by atoms with van der Waals surface area (Å²) in [5.74, 6) is 0.765. The van der Waals surface area contributed by atoms with Crippen molar-refractivity contribution in [2.45, 2.75) is 32.5 Å². The Morgan fingerprint density at radius 1 is 1.70 bits per heavy atom. The summed E-state index contributed by atoms with van der Waals surface area (Å²) in [4.78, 5) is 0. The lowest BCUT2D eigenvalue weighted by Gasteiger charge is -2.06. The van der Waals surface area contributed by atoms with E-state index < -0.39 is 0 Å². The molecule has 1 saturated heterocycles. The summed E-state index contributed by atoms with van der Waals surface area (Å²) in [5.41, 5.74) is 0. The second-order valence-electron chi connectivity index (χ2n) is 2.54. The quantitative estimate of drug-likeness (QED) is 0.600. The van der Waals surface area contributed by atoms with Crippen molar-refractivity contribution in [2.75, 3.05) is 6.61 Å². The third-order valence-electron chi connectivity index (χ3n) is 1.52. The first kappa shape index (κ1) is 7.61. The number of rotatable bonds is 3. The maximum Gasteiger partial charge on any atom is 0.199 e. The van der Waals surface area contributed by atoms with E-state index in [9.17, 15) is 0 Å². The Morgan fingerprint density at radius 2 is 2.50 bits per heavy atom. The molecule has 58 valence electrons. The summed E-state index contributed by atoms with van der Waals surface area (Å²) in [6, 6.07) is 0. The molecular formula is C8H14O2. The van der Waals surface area contributed by atoms with Crippen LogP contribution >= 0.6 is 0 Å². The highest BCUT2D eigenvalue weighted by Crippen LogP contribution is 2.17. The summed E-state index contributed by atoms with van der Waals surface area (Å²) in [6.45, 7) is 6.40. The van der Waals surface area contributed by atoms with Gasteiger partial charge in [-0.2, -0.15) is 0 Å². The molecule has 1 rings (SSSR count). The summed E-state index contributed by atoms with van der Waals surface area (Å²) in [7, 11) is 0. The van der Waals surface area contributed by atoms with Gasteiger partial charge in [-0.15, -0.1) is 0 Å². The molecule has 10 heavy (non-hydrogen) atoms. The van der Waals surface area contributed by atoms with Gasteiger partial charge in [0.05, 0.1) is 0 Å². The van der Waals surface area contributed by atoms with Crippen molar-refractivity contribution < 1.29 is 9.47 Å². The molecule has 1 fully saturated rings. The van der Waals surface area contributed by atoms with E-state index in [2.05, 4.69) is 13.5 Å². The molecule has 1 heterocycles. The van der Waals surface area contributed by atoms with Gasteiger partial charge in [0, 0.05) is 6.42 Å².